The average molecular weight is 281 g/mol. The van der Waals surface area contributed by atoms with E-state index in [-0.39, 0.29) is 5.91 Å². The lowest BCUT2D eigenvalue weighted by Gasteiger charge is -2.04. The second kappa shape index (κ2) is 7.29. The summed E-state index contributed by atoms with van der Waals surface area (Å²) in [5.41, 5.74) is 3.24. The van der Waals surface area contributed by atoms with Crippen LogP contribution in [0.2, 0.25) is 0 Å². The van der Waals surface area contributed by atoms with Gasteiger partial charge in [-0.3, -0.25) is 4.79 Å². The van der Waals surface area contributed by atoms with Crippen LogP contribution in [0.5, 0.6) is 5.75 Å². The van der Waals surface area contributed by atoms with Gasteiger partial charge in [0.25, 0.3) is 0 Å². The largest absolute Gasteiger partial charge is 0.497 e. The van der Waals surface area contributed by atoms with Gasteiger partial charge in [-0.05, 0) is 41.8 Å². The molecular weight excluding hydrogens is 262 g/mol. The van der Waals surface area contributed by atoms with E-state index in [0.29, 0.717) is 6.54 Å². The fourth-order valence-electron chi connectivity index (χ4n) is 1.93. The molecule has 0 heterocycles. The highest BCUT2D eigenvalue weighted by Gasteiger charge is 1.98. The molecule has 0 spiro atoms. The van der Waals surface area contributed by atoms with E-state index >= 15 is 0 Å². The monoisotopic (exact) mass is 281 g/mol. The van der Waals surface area contributed by atoms with Gasteiger partial charge < -0.3 is 10.1 Å². The Morgan fingerprint density at radius 3 is 2.52 bits per heavy atom. The van der Waals surface area contributed by atoms with E-state index in [1.807, 2.05) is 61.5 Å². The van der Waals surface area contributed by atoms with Crippen LogP contribution in [0.15, 0.2) is 54.6 Å². The van der Waals surface area contributed by atoms with Crippen LogP contribution in [-0.2, 0) is 11.3 Å². The molecule has 0 atom stereocenters. The average Bonchev–Trinajstić information content (AvgIpc) is 2.52. The predicted molar refractivity (Wildman–Crippen MR) is 85.1 cm³/mol. The Balaban J connectivity index is 1.88. The van der Waals surface area contributed by atoms with Gasteiger partial charge in [0.05, 0.1) is 7.11 Å². The highest BCUT2D eigenvalue weighted by atomic mass is 16.5. The van der Waals surface area contributed by atoms with Crippen LogP contribution in [0.1, 0.15) is 16.7 Å². The summed E-state index contributed by atoms with van der Waals surface area (Å²) in [6, 6.07) is 15.6. The van der Waals surface area contributed by atoms with E-state index in [1.165, 1.54) is 0 Å². The first-order valence-corrected chi connectivity index (χ1v) is 6.83. The Labute approximate surface area is 125 Å². The van der Waals surface area contributed by atoms with Crippen molar-refractivity contribution in [3.05, 3.63) is 71.3 Å². The molecule has 1 amide bonds. The van der Waals surface area contributed by atoms with Gasteiger partial charge in [0.15, 0.2) is 0 Å². The summed E-state index contributed by atoms with van der Waals surface area (Å²) in [7, 11) is 1.63. The van der Waals surface area contributed by atoms with Crippen molar-refractivity contribution in [2.75, 3.05) is 7.11 Å². The summed E-state index contributed by atoms with van der Waals surface area (Å²) in [5, 5.41) is 2.86. The highest BCUT2D eigenvalue weighted by molar-refractivity contribution is 5.91. The van der Waals surface area contributed by atoms with Crippen LogP contribution >= 0.6 is 0 Å². The van der Waals surface area contributed by atoms with Crippen LogP contribution in [0.4, 0.5) is 0 Å². The first-order valence-electron chi connectivity index (χ1n) is 6.83. The maximum absolute atomic E-state index is 11.8. The van der Waals surface area contributed by atoms with Crippen molar-refractivity contribution in [3.63, 3.8) is 0 Å². The minimum absolute atomic E-state index is 0.103. The van der Waals surface area contributed by atoms with Crippen molar-refractivity contribution in [2.24, 2.45) is 0 Å². The zero-order chi connectivity index (χ0) is 15.1. The Hall–Kier alpha value is -2.55. The van der Waals surface area contributed by atoms with Gasteiger partial charge in [-0.1, -0.05) is 36.4 Å². The van der Waals surface area contributed by atoms with Crippen LogP contribution in [0.25, 0.3) is 6.08 Å². The minimum Gasteiger partial charge on any atom is -0.497 e. The van der Waals surface area contributed by atoms with E-state index in [1.54, 1.807) is 13.2 Å². The summed E-state index contributed by atoms with van der Waals surface area (Å²) in [5.74, 6) is 0.707. The molecular formula is C18H19NO2. The van der Waals surface area contributed by atoms with E-state index in [0.717, 1.165) is 22.4 Å². The molecule has 0 aliphatic carbocycles. The number of methoxy groups -OCH3 is 1. The molecule has 0 aromatic heterocycles. The molecule has 108 valence electrons. The Morgan fingerprint density at radius 1 is 1.14 bits per heavy atom. The maximum atomic E-state index is 11.8. The molecule has 1 N–H and O–H groups in total. The van der Waals surface area contributed by atoms with Crippen molar-refractivity contribution in [3.8, 4) is 5.75 Å². The number of hydrogen-bond donors (Lipinski definition) is 1. The van der Waals surface area contributed by atoms with E-state index in [2.05, 4.69) is 5.32 Å². The van der Waals surface area contributed by atoms with E-state index in [9.17, 15) is 4.79 Å². The number of rotatable bonds is 5. The Bertz CT molecular complexity index is 630. The molecule has 3 heteroatoms. The van der Waals surface area contributed by atoms with Gasteiger partial charge in [0.1, 0.15) is 5.75 Å². The fraction of sp³-hybridized carbons (Fsp3) is 0.167. The molecule has 2 rings (SSSR count). The summed E-state index contributed by atoms with van der Waals surface area (Å²) < 4.78 is 5.09. The highest BCUT2D eigenvalue weighted by Crippen LogP contribution is 2.11. The number of hydrogen-bond acceptors (Lipinski definition) is 2. The maximum Gasteiger partial charge on any atom is 0.244 e. The molecule has 2 aromatic carbocycles. The number of carbonyl (C=O) groups is 1. The fourth-order valence-corrected chi connectivity index (χ4v) is 1.93. The smallest absolute Gasteiger partial charge is 0.244 e. The molecule has 21 heavy (non-hydrogen) atoms. The van der Waals surface area contributed by atoms with Crippen molar-refractivity contribution in [1.29, 1.82) is 0 Å². The molecule has 0 aliphatic heterocycles. The number of carbonyl (C=O) groups excluding carboxylic acids is 1. The summed E-state index contributed by atoms with van der Waals surface area (Å²) in [6.07, 6.45) is 3.39. The van der Waals surface area contributed by atoms with Gasteiger partial charge in [-0.2, -0.15) is 0 Å². The molecule has 0 saturated heterocycles. The van der Waals surface area contributed by atoms with Crippen LogP contribution in [-0.4, -0.2) is 13.0 Å². The summed E-state index contributed by atoms with van der Waals surface area (Å²) in [4.78, 5) is 11.8. The van der Waals surface area contributed by atoms with Crippen LogP contribution in [0, 0.1) is 6.92 Å². The third-order valence-corrected chi connectivity index (χ3v) is 3.23. The molecule has 0 bridgehead atoms. The van der Waals surface area contributed by atoms with Crippen LogP contribution < -0.4 is 10.1 Å². The van der Waals surface area contributed by atoms with Crippen LogP contribution in [0.3, 0.4) is 0 Å². The Kier molecular flexibility index (Phi) is 5.16. The predicted octanol–water partition coefficient (Wildman–Crippen LogP) is 3.33. The Morgan fingerprint density at radius 2 is 1.86 bits per heavy atom. The second-order valence-electron chi connectivity index (χ2n) is 4.76. The lowest BCUT2D eigenvalue weighted by molar-refractivity contribution is -0.116. The number of benzene rings is 2. The van der Waals surface area contributed by atoms with Crippen molar-refractivity contribution >= 4 is 12.0 Å². The number of aryl methyl sites for hydroxylation is 1. The van der Waals surface area contributed by atoms with E-state index < -0.39 is 0 Å². The van der Waals surface area contributed by atoms with E-state index in [4.69, 9.17) is 4.74 Å². The molecule has 0 unspecified atom stereocenters. The number of nitrogens with one attached hydrogen (secondary N) is 1. The third kappa shape index (κ3) is 4.49. The molecule has 0 saturated carbocycles. The zero-order valence-electron chi connectivity index (χ0n) is 12.3. The number of ether oxygens (including phenoxy) is 1. The van der Waals surface area contributed by atoms with Gasteiger partial charge in [-0.15, -0.1) is 0 Å². The van der Waals surface area contributed by atoms with Gasteiger partial charge in [0, 0.05) is 12.6 Å². The molecule has 0 radical (unpaired) electrons. The minimum atomic E-state index is -0.103. The molecule has 0 aliphatic rings. The second-order valence-corrected chi connectivity index (χ2v) is 4.76. The third-order valence-electron chi connectivity index (χ3n) is 3.23. The van der Waals surface area contributed by atoms with Gasteiger partial charge in [-0.25, -0.2) is 0 Å². The number of amides is 1. The van der Waals surface area contributed by atoms with Crippen molar-refractivity contribution in [2.45, 2.75) is 13.5 Å². The lowest BCUT2D eigenvalue weighted by atomic mass is 10.1. The quantitative estimate of drug-likeness (QED) is 0.854. The summed E-state index contributed by atoms with van der Waals surface area (Å²) in [6.45, 7) is 2.52. The van der Waals surface area contributed by atoms with Crippen molar-refractivity contribution < 1.29 is 9.53 Å². The molecule has 2 aromatic rings. The lowest BCUT2D eigenvalue weighted by Crippen LogP contribution is -2.20. The van der Waals surface area contributed by atoms with Gasteiger partial charge in [0.2, 0.25) is 5.91 Å². The van der Waals surface area contributed by atoms with Crippen molar-refractivity contribution in [1.82, 2.24) is 5.32 Å². The zero-order valence-corrected chi connectivity index (χ0v) is 12.3. The normalized spacial score (nSPS) is 10.6. The first kappa shape index (κ1) is 14.9. The van der Waals surface area contributed by atoms with Gasteiger partial charge >= 0.3 is 0 Å². The summed E-state index contributed by atoms with van der Waals surface area (Å²) >= 11 is 0. The SMILES string of the molecule is COc1ccc(CNC(=O)/C=C/c2ccccc2C)cc1. The molecule has 0 fully saturated rings. The topological polar surface area (TPSA) is 38.3 Å². The first-order chi connectivity index (χ1) is 10.2. The molecule has 3 nitrogen and oxygen atoms in total. The standard InChI is InChI=1S/C18H19NO2/c1-14-5-3-4-6-16(14)9-12-18(20)19-13-15-7-10-17(21-2)11-8-15/h3-12H,13H2,1-2H3,(H,19,20)/b12-9+.